The lowest BCUT2D eigenvalue weighted by Crippen LogP contribution is -2.62. The number of halogens is 1. The minimum atomic E-state index is 0.0214. The van der Waals surface area contributed by atoms with Crippen LogP contribution in [0.5, 0.6) is 0 Å². The van der Waals surface area contributed by atoms with E-state index in [0.717, 1.165) is 48.3 Å². The number of pyridine rings is 1. The molecule has 1 spiro atoms. The van der Waals surface area contributed by atoms with E-state index < -0.39 is 0 Å². The van der Waals surface area contributed by atoms with E-state index in [1.165, 1.54) is 5.69 Å². The number of hydrogen-bond acceptors (Lipinski definition) is 3. The number of H-pyrrole nitrogens is 1. The van der Waals surface area contributed by atoms with Crippen molar-refractivity contribution in [3.05, 3.63) is 35.2 Å². The van der Waals surface area contributed by atoms with E-state index in [9.17, 15) is 4.79 Å². The Labute approximate surface area is 155 Å². The van der Waals surface area contributed by atoms with Crippen molar-refractivity contribution in [2.75, 3.05) is 19.6 Å². The van der Waals surface area contributed by atoms with Gasteiger partial charge in [-0.15, -0.1) is 0 Å². The van der Waals surface area contributed by atoms with Crippen LogP contribution in [0.15, 0.2) is 24.5 Å². The number of amides is 2. The fourth-order valence-corrected chi connectivity index (χ4v) is 4.32. The number of hydrogen-bond donors (Lipinski definition) is 2. The number of fused-ring (bicyclic) bond motifs is 3. The molecule has 0 atom stereocenters. The van der Waals surface area contributed by atoms with Crippen molar-refractivity contribution in [2.24, 2.45) is 0 Å². The third-order valence-corrected chi connectivity index (χ3v) is 5.82. The number of aryl methyl sites for hydroxylation is 1. The average molecular weight is 371 g/mol. The lowest BCUT2D eigenvalue weighted by Gasteiger charge is -2.47. The minimum Gasteiger partial charge on any atom is -0.345 e. The lowest BCUT2D eigenvalue weighted by atomic mass is 9.76. The van der Waals surface area contributed by atoms with Crippen LogP contribution in [-0.2, 0) is 12.0 Å². The molecule has 0 aliphatic carbocycles. The Bertz CT molecular complexity index is 1020. The van der Waals surface area contributed by atoms with Gasteiger partial charge < -0.3 is 15.2 Å². The van der Waals surface area contributed by atoms with Gasteiger partial charge in [0.1, 0.15) is 5.65 Å². The third kappa shape index (κ3) is 2.16. The largest absolute Gasteiger partial charge is 0.345 e. The highest BCUT2D eigenvalue weighted by Gasteiger charge is 2.51. The van der Waals surface area contributed by atoms with Gasteiger partial charge in [-0.3, -0.25) is 4.68 Å². The molecular weight excluding hydrogens is 352 g/mol. The number of carbonyl (C=O) groups excluding carboxylic acids is 1. The molecule has 0 saturated carbocycles. The van der Waals surface area contributed by atoms with Crippen LogP contribution in [0.2, 0.25) is 5.02 Å². The van der Waals surface area contributed by atoms with E-state index in [1.54, 1.807) is 6.20 Å². The Kier molecular flexibility index (Phi) is 3.31. The monoisotopic (exact) mass is 370 g/mol. The standard InChI is InChI=1S/C18H19ClN6O/c1-2-20-17(26)24-9-18(10-24)3-4-25-15(18)6-14(23-25)11-5-12-13(19)8-22-16(12)21-7-11/h5-8H,2-4,9-10H2,1H3,(H,20,26)(H,21,22). The second kappa shape index (κ2) is 5.48. The van der Waals surface area contributed by atoms with Crippen molar-refractivity contribution in [1.82, 2.24) is 30.0 Å². The first-order valence-corrected chi connectivity index (χ1v) is 9.21. The molecule has 2 N–H and O–H groups in total. The summed E-state index contributed by atoms with van der Waals surface area (Å²) in [6.07, 6.45) is 4.60. The predicted octanol–water partition coefficient (Wildman–Crippen LogP) is 2.77. The zero-order valence-electron chi connectivity index (χ0n) is 14.4. The number of urea groups is 1. The predicted molar refractivity (Wildman–Crippen MR) is 99.3 cm³/mol. The number of likely N-dealkylation sites (tertiary alicyclic amines) is 1. The molecular formula is C18H19ClN6O. The maximum absolute atomic E-state index is 12.0. The summed E-state index contributed by atoms with van der Waals surface area (Å²) in [5.41, 5.74) is 3.89. The molecule has 2 aliphatic heterocycles. The highest BCUT2D eigenvalue weighted by Crippen LogP contribution is 2.43. The smallest absolute Gasteiger partial charge is 0.317 e. The number of nitrogens with zero attached hydrogens (tertiary/aromatic N) is 4. The first kappa shape index (κ1) is 15.7. The number of nitrogens with one attached hydrogen (secondary N) is 2. The van der Waals surface area contributed by atoms with Crippen molar-refractivity contribution in [2.45, 2.75) is 25.3 Å². The van der Waals surface area contributed by atoms with Crippen LogP contribution in [0.4, 0.5) is 4.79 Å². The van der Waals surface area contributed by atoms with Gasteiger partial charge in [0, 0.05) is 60.6 Å². The summed E-state index contributed by atoms with van der Waals surface area (Å²) in [5.74, 6) is 0. The molecule has 3 aromatic rings. The molecule has 26 heavy (non-hydrogen) atoms. The number of carbonyl (C=O) groups is 1. The van der Waals surface area contributed by atoms with E-state index in [1.807, 2.05) is 24.1 Å². The summed E-state index contributed by atoms with van der Waals surface area (Å²) in [6.45, 7) is 4.99. The molecule has 5 rings (SSSR count). The second-order valence-electron chi connectivity index (χ2n) is 7.12. The fourth-order valence-electron chi connectivity index (χ4n) is 4.13. The van der Waals surface area contributed by atoms with Gasteiger partial charge in [-0.1, -0.05) is 11.6 Å². The molecule has 0 aromatic carbocycles. The van der Waals surface area contributed by atoms with E-state index in [-0.39, 0.29) is 11.4 Å². The van der Waals surface area contributed by atoms with Crippen LogP contribution in [-0.4, -0.2) is 50.3 Å². The molecule has 134 valence electrons. The van der Waals surface area contributed by atoms with Gasteiger partial charge in [-0.2, -0.15) is 5.10 Å². The Morgan fingerprint density at radius 3 is 3.08 bits per heavy atom. The fraction of sp³-hybridized carbons (Fsp3) is 0.389. The molecule has 3 aromatic heterocycles. The van der Waals surface area contributed by atoms with Crippen LogP contribution in [0, 0.1) is 0 Å². The van der Waals surface area contributed by atoms with Crippen molar-refractivity contribution >= 4 is 28.7 Å². The lowest BCUT2D eigenvalue weighted by molar-refractivity contribution is 0.0925. The van der Waals surface area contributed by atoms with Crippen LogP contribution in [0.3, 0.4) is 0 Å². The normalized spacial score (nSPS) is 17.5. The molecule has 2 amide bonds. The number of aromatic amines is 1. The van der Waals surface area contributed by atoms with Crippen molar-refractivity contribution < 1.29 is 4.79 Å². The van der Waals surface area contributed by atoms with Crippen LogP contribution >= 0.6 is 11.6 Å². The van der Waals surface area contributed by atoms with Crippen molar-refractivity contribution in [3.8, 4) is 11.3 Å². The Morgan fingerprint density at radius 1 is 1.42 bits per heavy atom. The molecule has 8 heteroatoms. The summed E-state index contributed by atoms with van der Waals surface area (Å²) < 4.78 is 2.08. The molecule has 1 fully saturated rings. The highest BCUT2D eigenvalue weighted by molar-refractivity contribution is 6.35. The minimum absolute atomic E-state index is 0.0214. The summed E-state index contributed by atoms with van der Waals surface area (Å²) >= 11 is 6.21. The topological polar surface area (TPSA) is 78.8 Å². The van der Waals surface area contributed by atoms with E-state index >= 15 is 0 Å². The summed E-state index contributed by atoms with van der Waals surface area (Å²) in [4.78, 5) is 21.4. The zero-order chi connectivity index (χ0) is 17.9. The Balaban J connectivity index is 1.44. The van der Waals surface area contributed by atoms with Gasteiger partial charge in [0.15, 0.2) is 0 Å². The summed E-state index contributed by atoms with van der Waals surface area (Å²) in [6, 6.07) is 4.19. The van der Waals surface area contributed by atoms with Gasteiger partial charge >= 0.3 is 6.03 Å². The Hall–Kier alpha value is -2.54. The molecule has 2 aliphatic rings. The maximum Gasteiger partial charge on any atom is 0.317 e. The van der Waals surface area contributed by atoms with Gasteiger partial charge in [0.05, 0.1) is 10.7 Å². The van der Waals surface area contributed by atoms with Crippen molar-refractivity contribution in [1.29, 1.82) is 0 Å². The van der Waals surface area contributed by atoms with Crippen LogP contribution in [0.25, 0.3) is 22.3 Å². The Morgan fingerprint density at radius 2 is 2.27 bits per heavy atom. The van der Waals surface area contributed by atoms with Crippen molar-refractivity contribution in [3.63, 3.8) is 0 Å². The molecule has 1 saturated heterocycles. The van der Waals surface area contributed by atoms with Gasteiger partial charge in [-0.25, -0.2) is 9.78 Å². The molecule has 0 bridgehead atoms. The molecule has 7 nitrogen and oxygen atoms in total. The number of rotatable bonds is 2. The van der Waals surface area contributed by atoms with Crippen LogP contribution in [0.1, 0.15) is 19.0 Å². The first-order chi connectivity index (χ1) is 12.6. The first-order valence-electron chi connectivity index (χ1n) is 8.84. The quantitative estimate of drug-likeness (QED) is 0.728. The van der Waals surface area contributed by atoms with Gasteiger partial charge in [0.2, 0.25) is 0 Å². The third-order valence-electron chi connectivity index (χ3n) is 5.50. The maximum atomic E-state index is 12.0. The zero-order valence-corrected chi connectivity index (χ0v) is 15.2. The second-order valence-corrected chi connectivity index (χ2v) is 7.52. The molecule has 5 heterocycles. The summed E-state index contributed by atoms with van der Waals surface area (Å²) in [5, 5.41) is 9.20. The van der Waals surface area contributed by atoms with Crippen LogP contribution < -0.4 is 5.32 Å². The summed E-state index contributed by atoms with van der Waals surface area (Å²) in [7, 11) is 0. The molecule has 0 radical (unpaired) electrons. The number of aromatic nitrogens is 4. The average Bonchev–Trinajstić information content (AvgIpc) is 3.27. The van der Waals surface area contributed by atoms with Gasteiger partial charge in [-0.05, 0) is 25.5 Å². The highest BCUT2D eigenvalue weighted by atomic mass is 35.5. The SMILES string of the molecule is CCNC(=O)N1CC2(CCn3nc(-c4cnc5[nH]cc(Cl)c5c4)cc32)C1. The van der Waals surface area contributed by atoms with E-state index in [2.05, 4.69) is 26.0 Å². The van der Waals surface area contributed by atoms with Gasteiger partial charge in [0.25, 0.3) is 0 Å². The molecule has 0 unspecified atom stereocenters. The van der Waals surface area contributed by atoms with E-state index in [4.69, 9.17) is 16.7 Å². The van der Waals surface area contributed by atoms with E-state index in [0.29, 0.717) is 11.6 Å².